The summed E-state index contributed by atoms with van der Waals surface area (Å²) < 4.78 is 11.2. The first-order valence-electron chi connectivity index (χ1n) is 7.44. The van der Waals surface area contributed by atoms with Crippen LogP contribution in [0.25, 0.3) is 0 Å². The summed E-state index contributed by atoms with van der Waals surface area (Å²) in [7, 11) is 0. The van der Waals surface area contributed by atoms with E-state index in [0.29, 0.717) is 11.5 Å². The van der Waals surface area contributed by atoms with Crippen LogP contribution in [0.1, 0.15) is 18.1 Å². The third-order valence-electron chi connectivity index (χ3n) is 3.67. The Labute approximate surface area is 134 Å². The van der Waals surface area contributed by atoms with Crippen molar-refractivity contribution in [2.75, 3.05) is 6.61 Å². The van der Waals surface area contributed by atoms with Gasteiger partial charge < -0.3 is 9.47 Å². The summed E-state index contributed by atoms with van der Waals surface area (Å²) in [6.07, 6.45) is -0.710. The molecule has 0 unspecified atom stereocenters. The second-order valence-electron chi connectivity index (χ2n) is 5.35. The van der Waals surface area contributed by atoms with E-state index in [2.05, 4.69) is 10.5 Å². The number of para-hydroxylation sites is 2. The Bertz CT molecular complexity index is 755. The van der Waals surface area contributed by atoms with Gasteiger partial charge in [-0.15, -0.1) is 0 Å². The third-order valence-corrected chi connectivity index (χ3v) is 3.67. The largest absolute Gasteiger partial charge is 0.485 e. The number of hydrogen-bond acceptors (Lipinski definition) is 4. The van der Waals surface area contributed by atoms with Gasteiger partial charge in [0.05, 0.1) is 5.71 Å². The second-order valence-corrected chi connectivity index (χ2v) is 5.35. The van der Waals surface area contributed by atoms with Crippen LogP contribution >= 0.6 is 0 Å². The molecular formula is C18H18N2O3. The first kappa shape index (κ1) is 15.1. The van der Waals surface area contributed by atoms with Crippen molar-refractivity contribution in [3.05, 3.63) is 59.7 Å². The fraction of sp³-hybridized carbons (Fsp3) is 0.222. The van der Waals surface area contributed by atoms with Gasteiger partial charge in [-0.25, -0.2) is 5.43 Å². The summed E-state index contributed by atoms with van der Waals surface area (Å²) in [4.78, 5) is 12.2. The van der Waals surface area contributed by atoms with Crippen LogP contribution in [0.15, 0.2) is 53.6 Å². The molecule has 0 aliphatic carbocycles. The maximum atomic E-state index is 12.2. The highest BCUT2D eigenvalue weighted by molar-refractivity contribution is 6.00. The summed E-state index contributed by atoms with van der Waals surface area (Å²) in [6, 6.07) is 15.2. The van der Waals surface area contributed by atoms with E-state index in [0.717, 1.165) is 16.8 Å². The number of rotatable bonds is 3. The van der Waals surface area contributed by atoms with Crippen molar-refractivity contribution in [2.45, 2.75) is 20.0 Å². The maximum Gasteiger partial charge on any atom is 0.284 e. The molecule has 0 fully saturated rings. The number of hydrazone groups is 1. The molecule has 5 nitrogen and oxygen atoms in total. The van der Waals surface area contributed by atoms with Gasteiger partial charge in [-0.1, -0.05) is 36.4 Å². The number of carbonyl (C=O) groups is 1. The van der Waals surface area contributed by atoms with Gasteiger partial charge in [0.15, 0.2) is 11.5 Å². The van der Waals surface area contributed by atoms with Gasteiger partial charge in [-0.05, 0) is 31.5 Å². The maximum absolute atomic E-state index is 12.2. The molecule has 1 aliphatic rings. The molecule has 2 aromatic carbocycles. The Balaban J connectivity index is 1.66. The molecule has 0 radical (unpaired) electrons. The highest BCUT2D eigenvalue weighted by Gasteiger charge is 2.27. The van der Waals surface area contributed by atoms with Gasteiger partial charge in [0.2, 0.25) is 6.10 Å². The molecule has 23 heavy (non-hydrogen) atoms. The van der Waals surface area contributed by atoms with E-state index in [4.69, 9.17) is 9.47 Å². The zero-order chi connectivity index (χ0) is 16.2. The van der Waals surface area contributed by atoms with Crippen LogP contribution in [0, 0.1) is 6.92 Å². The van der Waals surface area contributed by atoms with Gasteiger partial charge in [0, 0.05) is 5.56 Å². The molecule has 1 aliphatic heterocycles. The molecular weight excluding hydrogens is 292 g/mol. The predicted octanol–water partition coefficient (Wildman–Crippen LogP) is 2.68. The minimum atomic E-state index is -0.710. The fourth-order valence-electron chi connectivity index (χ4n) is 2.40. The molecule has 118 valence electrons. The molecule has 0 saturated heterocycles. The zero-order valence-electron chi connectivity index (χ0n) is 13.1. The van der Waals surface area contributed by atoms with Crippen molar-refractivity contribution in [3.8, 4) is 11.5 Å². The highest BCUT2D eigenvalue weighted by Crippen LogP contribution is 2.30. The number of amides is 1. The summed E-state index contributed by atoms with van der Waals surface area (Å²) in [6.45, 7) is 4.03. The van der Waals surface area contributed by atoms with Crippen molar-refractivity contribution < 1.29 is 14.3 Å². The summed E-state index contributed by atoms with van der Waals surface area (Å²) >= 11 is 0. The van der Waals surface area contributed by atoms with E-state index in [-0.39, 0.29) is 12.5 Å². The topological polar surface area (TPSA) is 59.9 Å². The standard InChI is InChI=1S/C18H18N2O3/c1-12-7-3-4-8-14(12)13(2)19-20-18(21)17-11-22-15-9-5-6-10-16(15)23-17/h3-10,17H,11H2,1-2H3,(H,20,21)/b19-13-/t17-/m1/s1. The van der Waals surface area contributed by atoms with Crippen LogP contribution in [0.3, 0.4) is 0 Å². The average molecular weight is 310 g/mol. The molecule has 1 N–H and O–H groups in total. The number of benzene rings is 2. The van der Waals surface area contributed by atoms with Crippen LogP contribution in [-0.2, 0) is 4.79 Å². The number of fused-ring (bicyclic) bond motifs is 1. The minimum Gasteiger partial charge on any atom is -0.485 e. The SMILES string of the molecule is C/C(=N/NC(=O)[C@H]1COc2ccccc2O1)c1ccccc1C. The lowest BCUT2D eigenvalue weighted by molar-refractivity contribution is -0.130. The van der Waals surface area contributed by atoms with E-state index < -0.39 is 6.10 Å². The van der Waals surface area contributed by atoms with Crippen LogP contribution in [0.2, 0.25) is 0 Å². The van der Waals surface area contributed by atoms with Crippen molar-refractivity contribution in [1.29, 1.82) is 0 Å². The van der Waals surface area contributed by atoms with E-state index in [1.807, 2.05) is 56.3 Å². The quantitative estimate of drug-likeness (QED) is 0.700. The van der Waals surface area contributed by atoms with E-state index in [9.17, 15) is 4.79 Å². The molecule has 3 rings (SSSR count). The molecule has 0 spiro atoms. The molecule has 0 bridgehead atoms. The van der Waals surface area contributed by atoms with Crippen LogP contribution in [0.5, 0.6) is 11.5 Å². The van der Waals surface area contributed by atoms with Gasteiger partial charge in [-0.2, -0.15) is 5.10 Å². The normalized spacial score (nSPS) is 16.8. The first-order valence-corrected chi connectivity index (χ1v) is 7.44. The number of nitrogens with zero attached hydrogens (tertiary/aromatic N) is 1. The summed E-state index contributed by atoms with van der Waals surface area (Å²) in [5.74, 6) is 0.891. The average Bonchev–Trinajstić information content (AvgIpc) is 2.59. The summed E-state index contributed by atoms with van der Waals surface area (Å²) in [5.41, 5.74) is 5.40. The zero-order valence-corrected chi connectivity index (χ0v) is 13.1. The predicted molar refractivity (Wildman–Crippen MR) is 87.9 cm³/mol. The van der Waals surface area contributed by atoms with Crippen LogP contribution < -0.4 is 14.9 Å². The molecule has 1 amide bonds. The van der Waals surface area contributed by atoms with E-state index in [1.165, 1.54) is 0 Å². The number of carbonyl (C=O) groups excluding carboxylic acids is 1. The Kier molecular flexibility index (Phi) is 4.28. The monoisotopic (exact) mass is 310 g/mol. The van der Waals surface area contributed by atoms with Gasteiger partial charge in [0.25, 0.3) is 5.91 Å². The fourth-order valence-corrected chi connectivity index (χ4v) is 2.40. The van der Waals surface area contributed by atoms with E-state index in [1.54, 1.807) is 6.07 Å². The van der Waals surface area contributed by atoms with Gasteiger partial charge in [0.1, 0.15) is 6.61 Å². The van der Waals surface area contributed by atoms with Gasteiger partial charge in [-0.3, -0.25) is 4.79 Å². The van der Waals surface area contributed by atoms with Gasteiger partial charge >= 0.3 is 0 Å². The van der Waals surface area contributed by atoms with Crippen molar-refractivity contribution in [3.63, 3.8) is 0 Å². The highest BCUT2D eigenvalue weighted by atomic mass is 16.6. The molecule has 0 aromatic heterocycles. The number of aryl methyl sites for hydroxylation is 1. The molecule has 5 heteroatoms. The summed E-state index contributed by atoms with van der Waals surface area (Å²) in [5, 5.41) is 4.17. The first-order chi connectivity index (χ1) is 11.1. The van der Waals surface area contributed by atoms with Crippen molar-refractivity contribution in [2.24, 2.45) is 5.10 Å². The van der Waals surface area contributed by atoms with E-state index >= 15 is 0 Å². The molecule has 1 atom stereocenters. The van der Waals surface area contributed by atoms with Crippen molar-refractivity contribution in [1.82, 2.24) is 5.43 Å². The lowest BCUT2D eigenvalue weighted by atomic mass is 10.1. The smallest absolute Gasteiger partial charge is 0.284 e. The van der Waals surface area contributed by atoms with Crippen LogP contribution in [0.4, 0.5) is 0 Å². The Morgan fingerprint density at radius 1 is 1.13 bits per heavy atom. The second kappa shape index (κ2) is 6.52. The molecule has 1 heterocycles. The number of hydrogen-bond donors (Lipinski definition) is 1. The Hall–Kier alpha value is -2.82. The van der Waals surface area contributed by atoms with Crippen LogP contribution in [-0.4, -0.2) is 24.3 Å². The Morgan fingerprint density at radius 3 is 2.61 bits per heavy atom. The Morgan fingerprint density at radius 2 is 1.83 bits per heavy atom. The minimum absolute atomic E-state index is 0.168. The lowest BCUT2D eigenvalue weighted by Gasteiger charge is -2.24. The van der Waals surface area contributed by atoms with Crippen molar-refractivity contribution >= 4 is 11.6 Å². The third kappa shape index (κ3) is 3.34. The molecule has 0 saturated carbocycles. The number of ether oxygens (including phenoxy) is 2. The number of nitrogens with one attached hydrogen (secondary N) is 1. The lowest BCUT2D eigenvalue weighted by Crippen LogP contribution is -2.42. The molecule has 2 aromatic rings.